The fourth-order valence-corrected chi connectivity index (χ4v) is 5.16. The van der Waals surface area contributed by atoms with E-state index in [0.29, 0.717) is 17.9 Å². The van der Waals surface area contributed by atoms with Gasteiger partial charge in [-0.2, -0.15) is 0 Å². The summed E-state index contributed by atoms with van der Waals surface area (Å²) in [7, 11) is 0. The molecule has 7 heteroatoms. The molecule has 2 aliphatic rings. The quantitative estimate of drug-likeness (QED) is 0.318. The Hall–Kier alpha value is -4.36. The summed E-state index contributed by atoms with van der Waals surface area (Å²) in [6, 6.07) is 23.9. The maximum atomic E-state index is 13.4. The van der Waals surface area contributed by atoms with Crippen LogP contribution in [0.5, 0.6) is 11.5 Å². The largest absolute Gasteiger partial charge is 0.508 e. The lowest BCUT2D eigenvalue weighted by atomic mass is 10.1. The molecule has 3 N–H and O–H groups in total. The van der Waals surface area contributed by atoms with Crippen molar-refractivity contribution < 1.29 is 10.2 Å². The lowest BCUT2D eigenvalue weighted by molar-refractivity contribution is 0.474. The van der Waals surface area contributed by atoms with Crippen LogP contribution in [0.3, 0.4) is 0 Å². The summed E-state index contributed by atoms with van der Waals surface area (Å²) in [5.74, 6) is 0.923. The van der Waals surface area contributed by atoms with Gasteiger partial charge in [0.25, 0.3) is 5.56 Å². The van der Waals surface area contributed by atoms with Gasteiger partial charge in [0.2, 0.25) is 0 Å². The molecule has 6 rings (SSSR count). The number of hydrogen-bond donors (Lipinski definition) is 3. The molecule has 0 radical (unpaired) electrons. The number of phenolic OH excluding ortho intramolecular Hbond substituents is 2. The fraction of sp³-hybridized carbons (Fsp3) is 0.0370. The molecule has 6 nitrogen and oxygen atoms in total. The zero-order valence-electron chi connectivity index (χ0n) is 17.9. The first-order chi connectivity index (χ1) is 16.5. The lowest BCUT2D eigenvalue weighted by Crippen LogP contribution is -2.16. The van der Waals surface area contributed by atoms with Gasteiger partial charge in [0.15, 0.2) is 5.82 Å². The number of imidazole rings is 1. The van der Waals surface area contributed by atoms with Crippen LogP contribution in [0, 0.1) is 0 Å². The van der Waals surface area contributed by atoms with Gasteiger partial charge in [0.05, 0.1) is 10.6 Å². The van der Waals surface area contributed by atoms with Crippen molar-refractivity contribution in [3.8, 4) is 39.1 Å². The van der Waals surface area contributed by atoms with E-state index < -0.39 is 0 Å². The second-order valence-electron chi connectivity index (χ2n) is 8.14. The second-order valence-corrected chi connectivity index (χ2v) is 9.22. The van der Waals surface area contributed by atoms with Crippen molar-refractivity contribution in [1.29, 1.82) is 0 Å². The molecule has 166 valence electrons. The number of thiophene rings is 1. The molecule has 0 amide bonds. The third kappa shape index (κ3) is 3.52. The van der Waals surface area contributed by atoms with Crippen molar-refractivity contribution in [3.63, 3.8) is 0 Å². The molecule has 3 aromatic carbocycles. The molecule has 0 saturated carbocycles. The van der Waals surface area contributed by atoms with E-state index >= 15 is 0 Å². The van der Waals surface area contributed by atoms with Crippen LogP contribution in [0.4, 0.5) is 0 Å². The van der Waals surface area contributed by atoms with Crippen LogP contribution < -0.4 is 5.56 Å². The average molecular weight is 466 g/mol. The van der Waals surface area contributed by atoms with E-state index in [2.05, 4.69) is 23.2 Å². The SMILES string of the molecule is O=c1c(Cc2ccc(O)cc2)nc2c(-c3cc4ccccc4s3)[nH]c(-c3ccc(O)cc3)cn1-2. The molecule has 3 heterocycles. The van der Waals surface area contributed by atoms with Crippen LogP contribution in [0.1, 0.15) is 11.3 Å². The highest BCUT2D eigenvalue weighted by Crippen LogP contribution is 2.36. The lowest BCUT2D eigenvalue weighted by Gasteiger charge is -2.12. The van der Waals surface area contributed by atoms with E-state index in [1.54, 1.807) is 70.6 Å². The Morgan fingerprint density at radius 1 is 0.912 bits per heavy atom. The Bertz CT molecular complexity index is 1630. The normalized spacial score (nSPS) is 11.4. The minimum absolute atomic E-state index is 0.179. The molecular formula is C27H19N3O3S. The van der Waals surface area contributed by atoms with Crippen molar-refractivity contribution in [2.24, 2.45) is 0 Å². The number of fused-ring (bicyclic) bond motifs is 2. The number of nitrogens with one attached hydrogen (secondary N) is 1. The number of hydrogen-bond acceptors (Lipinski definition) is 5. The topological polar surface area (TPSA) is 91.1 Å². The smallest absolute Gasteiger partial charge is 0.278 e. The van der Waals surface area contributed by atoms with Gasteiger partial charge in [-0.1, -0.05) is 30.3 Å². The number of aromatic nitrogens is 3. The summed E-state index contributed by atoms with van der Waals surface area (Å²) in [5.41, 5.74) is 3.50. The molecular weight excluding hydrogens is 446 g/mol. The minimum Gasteiger partial charge on any atom is -0.508 e. The molecule has 0 atom stereocenters. The zero-order chi connectivity index (χ0) is 23.2. The van der Waals surface area contributed by atoms with Crippen molar-refractivity contribution in [1.82, 2.24) is 14.5 Å². The Kier molecular flexibility index (Phi) is 4.71. The molecule has 1 aromatic heterocycles. The van der Waals surface area contributed by atoms with Crippen molar-refractivity contribution in [2.75, 3.05) is 0 Å². The molecule has 4 aromatic rings. The van der Waals surface area contributed by atoms with Crippen molar-refractivity contribution in [3.05, 3.63) is 107 Å². The fourth-order valence-electron chi connectivity index (χ4n) is 4.10. The first kappa shape index (κ1) is 20.3. The minimum atomic E-state index is -0.181. The maximum Gasteiger partial charge on any atom is 0.278 e. The predicted octanol–water partition coefficient (Wildman–Crippen LogP) is 5.55. The number of H-pyrrole nitrogens is 1. The van der Waals surface area contributed by atoms with E-state index in [1.807, 2.05) is 12.1 Å². The van der Waals surface area contributed by atoms with E-state index in [9.17, 15) is 15.0 Å². The highest BCUT2D eigenvalue weighted by Gasteiger charge is 2.22. The number of aromatic hydroxyl groups is 2. The van der Waals surface area contributed by atoms with Crippen molar-refractivity contribution in [2.45, 2.75) is 6.42 Å². The van der Waals surface area contributed by atoms with E-state index in [-0.39, 0.29) is 17.1 Å². The predicted molar refractivity (Wildman–Crippen MR) is 134 cm³/mol. The zero-order valence-corrected chi connectivity index (χ0v) is 18.7. The maximum absolute atomic E-state index is 13.4. The van der Waals surface area contributed by atoms with Gasteiger partial charge in [-0.25, -0.2) is 4.98 Å². The number of aromatic amines is 1. The molecule has 0 aliphatic carbocycles. The number of rotatable bonds is 4. The summed E-state index contributed by atoms with van der Waals surface area (Å²) >= 11 is 1.64. The van der Waals surface area contributed by atoms with Crippen molar-refractivity contribution >= 4 is 21.4 Å². The van der Waals surface area contributed by atoms with E-state index in [4.69, 9.17) is 4.98 Å². The molecule has 34 heavy (non-hydrogen) atoms. The summed E-state index contributed by atoms with van der Waals surface area (Å²) in [4.78, 5) is 22.6. The van der Waals surface area contributed by atoms with E-state index in [1.165, 1.54) is 0 Å². The van der Waals surface area contributed by atoms with Gasteiger partial charge in [-0.3, -0.25) is 9.36 Å². The molecule has 0 saturated heterocycles. The number of phenols is 2. The monoisotopic (exact) mass is 465 g/mol. The molecule has 0 unspecified atom stereocenters. The van der Waals surface area contributed by atoms with Gasteiger partial charge >= 0.3 is 0 Å². The second kappa shape index (κ2) is 7.90. The van der Waals surface area contributed by atoms with Crippen LogP contribution in [0.15, 0.2) is 89.9 Å². The highest BCUT2D eigenvalue weighted by atomic mass is 32.1. The molecule has 0 spiro atoms. The van der Waals surface area contributed by atoms with Crippen LogP contribution >= 0.6 is 11.3 Å². The van der Waals surface area contributed by atoms with Crippen LogP contribution in [0.2, 0.25) is 0 Å². The Morgan fingerprint density at radius 2 is 1.62 bits per heavy atom. The van der Waals surface area contributed by atoms with Gasteiger partial charge in [-0.15, -0.1) is 11.3 Å². The molecule has 0 bridgehead atoms. The summed E-state index contributed by atoms with van der Waals surface area (Å²) in [5, 5.41) is 20.4. The molecule has 2 aliphatic heterocycles. The summed E-state index contributed by atoms with van der Waals surface area (Å²) in [6.07, 6.45) is 2.12. The van der Waals surface area contributed by atoms with E-state index in [0.717, 1.165) is 37.5 Å². The van der Waals surface area contributed by atoms with Crippen LogP contribution in [-0.2, 0) is 6.42 Å². The Morgan fingerprint density at radius 3 is 2.35 bits per heavy atom. The summed E-state index contributed by atoms with van der Waals surface area (Å²) < 4.78 is 2.74. The van der Waals surface area contributed by atoms with Gasteiger partial charge in [-0.05, 0) is 65.0 Å². The third-order valence-electron chi connectivity index (χ3n) is 5.83. The van der Waals surface area contributed by atoms with Gasteiger partial charge in [0, 0.05) is 17.3 Å². The standard InChI is InChI=1S/C27H19N3O3S/c31-19-9-5-16(6-10-19)13-21-27(33)30-15-22(17-7-11-20(32)12-8-17)28-25(26(30)29-21)24-14-18-3-1-2-4-23(18)34-24/h1-12,14-15,28,31-32H,13H2. The average Bonchev–Trinajstić information content (AvgIpc) is 3.42. The summed E-state index contributed by atoms with van der Waals surface area (Å²) in [6.45, 7) is 0. The van der Waals surface area contributed by atoms with Gasteiger partial charge < -0.3 is 15.2 Å². The van der Waals surface area contributed by atoms with Crippen LogP contribution in [-0.4, -0.2) is 24.7 Å². The Labute approximate surface area is 198 Å². The van der Waals surface area contributed by atoms with Crippen LogP contribution in [0.25, 0.3) is 37.7 Å². The first-order valence-corrected chi connectivity index (χ1v) is 11.6. The first-order valence-electron chi connectivity index (χ1n) is 10.8. The number of nitrogens with zero attached hydrogens (tertiary/aromatic N) is 2. The highest BCUT2D eigenvalue weighted by molar-refractivity contribution is 7.22. The number of benzene rings is 3. The molecule has 0 fully saturated rings. The van der Waals surface area contributed by atoms with Gasteiger partial charge in [0.1, 0.15) is 22.9 Å². The Balaban J connectivity index is 1.56. The third-order valence-corrected chi connectivity index (χ3v) is 6.97.